The van der Waals surface area contributed by atoms with Crippen molar-refractivity contribution in [3.63, 3.8) is 0 Å². The van der Waals surface area contributed by atoms with E-state index in [9.17, 15) is 13.2 Å². The van der Waals surface area contributed by atoms with Crippen LogP contribution in [0.15, 0.2) is 84.0 Å². The van der Waals surface area contributed by atoms with Gasteiger partial charge >= 0.3 is 5.97 Å². The normalized spacial score (nSPS) is 12.4. The molecule has 2 aromatic carbocycles. The number of fused-ring (bicyclic) bond motifs is 1. The number of aromatic nitrogens is 2. The van der Waals surface area contributed by atoms with E-state index in [0.29, 0.717) is 16.9 Å². The first kappa shape index (κ1) is 21.6. The summed E-state index contributed by atoms with van der Waals surface area (Å²) in [5.74, 6) is -0.0921. The summed E-state index contributed by atoms with van der Waals surface area (Å²) in [5, 5.41) is 4.03. The smallest absolute Gasteiger partial charge is 0.341 e. The lowest BCUT2D eigenvalue weighted by Gasteiger charge is -2.16. The highest BCUT2D eigenvalue weighted by molar-refractivity contribution is 7.90. The van der Waals surface area contributed by atoms with Gasteiger partial charge in [0.1, 0.15) is 11.4 Å². The molecule has 1 N–H and O–H groups in total. The Kier molecular flexibility index (Phi) is 5.96. The van der Waals surface area contributed by atoms with Crippen LogP contribution in [0.3, 0.4) is 0 Å². The van der Waals surface area contributed by atoms with Crippen LogP contribution in [-0.2, 0) is 14.8 Å². The highest BCUT2D eigenvalue weighted by Crippen LogP contribution is 2.31. The van der Waals surface area contributed by atoms with E-state index in [1.165, 1.54) is 3.97 Å². The van der Waals surface area contributed by atoms with Gasteiger partial charge in [-0.25, -0.2) is 22.2 Å². The maximum Gasteiger partial charge on any atom is 0.341 e. The summed E-state index contributed by atoms with van der Waals surface area (Å²) in [6, 6.07) is 18.6. The zero-order valence-electron chi connectivity index (χ0n) is 17.7. The first-order valence-electron chi connectivity index (χ1n) is 10.2. The Morgan fingerprint density at radius 3 is 2.53 bits per heavy atom. The van der Waals surface area contributed by atoms with Crippen molar-refractivity contribution < 1.29 is 17.9 Å². The molecule has 164 valence electrons. The third-order valence-electron chi connectivity index (χ3n) is 5.13. The molecule has 0 amide bonds. The van der Waals surface area contributed by atoms with Crippen molar-refractivity contribution in [2.75, 3.05) is 11.9 Å². The molecule has 0 aliphatic rings. The van der Waals surface area contributed by atoms with Gasteiger partial charge in [-0.1, -0.05) is 36.4 Å². The summed E-state index contributed by atoms with van der Waals surface area (Å²) in [6.07, 6.45) is 3.21. The Balaban J connectivity index is 1.77. The van der Waals surface area contributed by atoms with E-state index in [-0.39, 0.29) is 17.5 Å². The summed E-state index contributed by atoms with van der Waals surface area (Å²) in [5.41, 5.74) is 1.66. The minimum absolute atomic E-state index is 0.210. The molecule has 0 bridgehead atoms. The van der Waals surface area contributed by atoms with Crippen LogP contribution >= 0.6 is 0 Å². The van der Waals surface area contributed by atoms with Gasteiger partial charge < -0.3 is 10.1 Å². The second kappa shape index (κ2) is 8.84. The summed E-state index contributed by atoms with van der Waals surface area (Å²) in [7, 11) is -3.78. The number of carbonyl (C=O) groups is 1. The van der Waals surface area contributed by atoms with E-state index < -0.39 is 16.0 Å². The number of nitrogens with zero attached hydrogens (tertiary/aromatic N) is 2. The van der Waals surface area contributed by atoms with E-state index in [1.54, 1.807) is 73.9 Å². The fourth-order valence-electron chi connectivity index (χ4n) is 3.60. The molecule has 0 fully saturated rings. The second-order valence-electron chi connectivity index (χ2n) is 7.20. The molecule has 4 aromatic rings. The number of esters is 1. The molecule has 0 saturated carbocycles. The van der Waals surface area contributed by atoms with Crippen LogP contribution in [-0.4, -0.2) is 30.0 Å². The average molecular weight is 450 g/mol. The quantitative estimate of drug-likeness (QED) is 0.414. The van der Waals surface area contributed by atoms with Crippen molar-refractivity contribution >= 4 is 32.7 Å². The molecule has 2 heterocycles. The van der Waals surface area contributed by atoms with Gasteiger partial charge in [-0.2, -0.15) is 0 Å². The molecular formula is C24H23N3O4S. The minimum Gasteiger partial charge on any atom is -0.462 e. The summed E-state index contributed by atoms with van der Waals surface area (Å²) in [6.45, 7) is 3.89. The zero-order valence-corrected chi connectivity index (χ0v) is 18.5. The van der Waals surface area contributed by atoms with E-state index in [2.05, 4.69) is 10.3 Å². The number of benzene rings is 2. The first-order valence-corrected chi connectivity index (χ1v) is 11.7. The summed E-state index contributed by atoms with van der Waals surface area (Å²) in [4.78, 5) is 16.8. The number of rotatable bonds is 7. The lowest BCUT2D eigenvalue weighted by Crippen LogP contribution is -2.14. The average Bonchev–Trinajstić information content (AvgIpc) is 3.21. The number of pyridine rings is 1. The van der Waals surface area contributed by atoms with Crippen molar-refractivity contribution in [2.45, 2.75) is 24.8 Å². The molecule has 32 heavy (non-hydrogen) atoms. The predicted molar refractivity (Wildman–Crippen MR) is 123 cm³/mol. The standard InChI is InChI=1S/C24H23N3O4S/c1-3-31-24(28)20-13-9-15-25-23(20)26-17(2)21-16-27(22-14-8-7-12-19(21)22)32(29,30)18-10-5-4-6-11-18/h4-17H,3H2,1-2H3,(H,25,26). The zero-order chi connectivity index (χ0) is 22.7. The van der Waals surface area contributed by atoms with Crippen LogP contribution in [0.25, 0.3) is 10.9 Å². The summed E-state index contributed by atoms with van der Waals surface area (Å²) < 4.78 is 33.1. The van der Waals surface area contributed by atoms with Crippen LogP contribution in [0, 0.1) is 0 Å². The van der Waals surface area contributed by atoms with Crippen molar-refractivity contribution in [1.29, 1.82) is 0 Å². The molecule has 1 unspecified atom stereocenters. The van der Waals surface area contributed by atoms with Gasteiger partial charge in [-0.05, 0) is 44.2 Å². The third-order valence-corrected chi connectivity index (χ3v) is 6.82. The number of nitrogens with one attached hydrogen (secondary N) is 1. The lowest BCUT2D eigenvalue weighted by atomic mass is 10.1. The largest absolute Gasteiger partial charge is 0.462 e. The Morgan fingerprint density at radius 1 is 1.06 bits per heavy atom. The van der Waals surface area contributed by atoms with Crippen molar-refractivity contribution in [3.05, 3.63) is 90.3 Å². The number of ether oxygens (including phenoxy) is 1. The number of hydrogen-bond acceptors (Lipinski definition) is 6. The van der Waals surface area contributed by atoms with E-state index in [1.807, 2.05) is 19.1 Å². The molecule has 4 rings (SSSR count). The van der Waals surface area contributed by atoms with Crippen LogP contribution in [0.4, 0.5) is 5.82 Å². The van der Waals surface area contributed by atoms with Crippen molar-refractivity contribution in [1.82, 2.24) is 8.96 Å². The highest BCUT2D eigenvalue weighted by atomic mass is 32.2. The van der Waals surface area contributed by atoms with Gasteiger partial charge in [0, 0.05) is 23.3 Å². The Bertz CT molecular complexity index is 1360. The van der Waals surface area contributed by atoms with Crippen LogP contribution in [0.2, 0.25) is 0 Å². The van der Waals surface area contributed by atoms with Crippen LogP contribution in [0.1, 0.15) is 35.8 Å². The molecule has 0 radical (unpaired) electrons. The SMILES string of the molecule is CCOC(=O)c1cccnc1NC(C)c1cn(S(=O)(=O)c2ccccc2)c2ccccc12. The summed E-state index contributed by atoms with van der Waals surface area (Å²) >= 11 is 0. The maximum absolute atomic E-state index is 13.3. The van der Waals surface area contributed by atoms with Crippen molar-refractivity contribution in [2.24, 2.45) is 0 Å². The topological polar surface area (TPSA) is 90.3 Å². The minimum atomic E-state index is -3.78. The fraction of sp³-hybridized carbons (Fsp3) is 0.167. The molecule has 0 spiro atoms. The van der Waals surface area contributed by atoms with E-state index in [0.717, 1.165) is 10.9 Å². The fourth-order valence-corrected chi connectivity index (χ4v) is 5.00. The van der Waals surface area contributed by atoms with Gasteiger partial charge in [0.05, 0.1) is 23.1 Å². The molecule has 0 aliphatic carbocycles. The van der Waals surface area contributed by atoms with Crippen LogP contribution in [0.5, 0.6) is 0 Å². The van der Waals surface area contributed by atoms with Gasteiger partial charge in [0.25, 0.3) is 10.0 Å². The number of carbonyl (C=O) groups excluding carboxylic acids is 1. The molecular weight excluding hydrogens is 426 g/mol. The lowest BCUT2D eigenvalue weighted by molar-refractivity contribution is 0.0527. The maximum atomic E-state index is 13.3. The Labute approximate surface area is 186 Å². The van der Waals surface area contributed by atoms with E-state index in [4.69, 9.17) is 4.74 Å². The molecule has 2 aromatic heterocycles. The molecule has 8 heteroatoms. The van der Waals surface area contributed by atoms with Crippen LogP contribution < -0.4 is 5.32 Å². The van der Waals surface area contributed by atoms with Gasteiger partial charge in [-0.15, -0.1) is 0 Å². The highest BCUT2D eigenvalue weighted by Gasteiger charge is 2.24. The second-order valence-corrected chi connectivity index (χ2v) is 9.02. The Hall–Kier alpha value is -3.65. The van der Waals surface area contributed by atoms with Gasteiger partial charge in [0.2, 0.25) is 0 Å². The first-order chi connectivity index (χ1) is 15.4. The molecule has 0 saturated heterocycles. The molecule has 7 nitrogen and oxygen atoms in total. The molecule has 1 atom stereocenters. The number of anilines is 1. The van der Waals surface area contributed by atoms with Gasteiger partial charge in [0.15, 0.2) is 0 Å². The van der Waals surface area contributed by atoms with Crippen molar-refractivity contribution in [3.8, 4) is 0 Å². The van der Waals surface area contributed by atoms with E-state index >= 15 is 0 Å². The Morgan fingerprint density at radius 2 is 1.78 bits per heavy atom. The van der Waals surface area contributed by atoms with Gasteiger partial charge in [-0.3, -0.25) is 0 Å². The molecule has 0 aliphatic heterocycles. The monoisotopic (exact) mass is 449 g/mol. The predicted octanol–water partition coefficient (Wildman–Crippen LogP) is 4.62. The number of para-hydroxylation sites is 1. The third kappa shape index (κ3) is 3.97. The number of hydrogen-bond donors (Lipinski definition) is 1.